The number of benzene rings is 3. The Hall–Kier alpha value is -3.39. The van der Waals surface area contributed by atoms with Gasteiger partial charge in [0.2, 0.25) is 0 Å². The number of aliphatic hydroxyl groups excluding tert-OH is 2. The fourth-order valence-corrected chi connectivity index (χ4v) is 4.37. The molecule has 198 valence electrons. The zero-order valence-corrected chi connectivity index (χ0v) is 22.0. The summed E-state index contributed by atoms with van der Waals surface area (Å²) in [6.07, 6.45) is 0.520. The number of aliphatic hydroxyl groups is 2. The average molecular weight is 507 g/mol. The Morgan fingerprint density at radius 3 is 2.43 bits per heavy atom. The molecule has 0 unspecified atom stereocenters. The van der Waals surface area contributed by atoms with E-state index in [1.54, 1.807) is 24.3 Å². The molecule has 0 heterocycles. The fourth-order valence-electron chi connectivity index (χ4n) is 4.37. The Balaban J connectivity index is 1.55. The van der Waals surface area contributed by atoms with Crippen LogP contribution in [0.25, 0.3) is 0 Å². The smallest absolute Gasteiger partial charge is 0.251 e. The average Bonchev–Trinajstić information content (AvgIpc) is 2.85. The van der Waals surface area contributed by atoms with Gasteiger partial charge in [0.25, 0.3) is 5.91 Å². The van der Waals surface area contributed by atoms with Crippen LogP contribution < -0.4 is 10.6 Å². The van der Waals surface area contributed by atoms with Crippen molar-refractivity contribution in [2.45, 2.75) is 58.8 Å². The van der Waals surface area contributed by atoms with E-state index in [1.807, 2.05) is 52.0 Å². The van der Waals surface area contributed by atoms with E-state index in [2.05, 4.69) is 10.6 Å². The number of phenols is 2. The fraction of sp³-hybridized carbons (Fsp3) is 0.367. The van der Waals surface area contributed by atoms with Crippen LogP contribution in [-0.2, 0) is 19.4 Å². The van der Waals surface area contributed by atoms with Crippen molar-refractivity contribution in [2.75, 3.05) is 13.1 Å². The summed E-state index contributed by atoms with van der Waals surface area (Å²) in [5.41, 5.74) is 5.13. The lowest BCUT2D eigenvalue weighted by molar-refractivity contribution is 0.0954. The lowest BCUT2D eigenvalue weighted by atomic mass is 9.93. The van der Waals surface area contributed by atoms with Crippen LogP contribution in [-0.4, -0.2) is 45.0 Å². The highest BCUT2D eigenvalue weighted by Gasteiger charge is 2.21. The predicted molar refractivity (Wildman–Crippen MR) is 145 cm³/mol. The number of hydrogen-bond donors (Lipinski definition) is 6. The van der Waals surface area contributed by atoms with Crippen molar-refractivity contribution in [3.63, 3.8) is 0 Å². The normalized spacial score (nSPS) is 12.4. The van der Waals surface area contributed by atoms with Gasteiger partial charge in [-0.1, -0.05) is 24.3 Å². The second-order valence-corrected chi connectivity index (χ2v) is 10.3. The third-order valence-electron chi connectivity index (χ3n) is 6.60. The van der Waals surface area contributed by atoms with Gasteiger partial charge in [-0.05, 0) is 98.7 Å². The van der Waals surface area contributed by atoms with E-state index < -0.39 is 6.10 Å². The van der Waals surface area contributed by atoms with Crippen LogP contribution >= 0.6 is 0 Å². The number of hydrogen-bond acceptors (Lipinski definition) is 6. The van der Waals surface area contributed by atoms with Gasteiger partial charge in [0, 0.05) is 29.8 Å². The van der Waals surface area contributed by atoms with Crippen molar-refractivity contribution in [2.24, 2.45) is 0 Å². The van der Waals surface area contributed by atoms with Crippen molar-refractivity contribution >= 4 is 5.91 Å². The summed E-state index contributed by atoms with van der Waals surface area (Å²) < 4.78 is 0. The maximum atomic E-state index is 12.8. The zero-order valence-electron chi connectivity index (χ0n) is 22.0. The lowest BCUT2D eigenvalue weighted by Crippen LogP contribution is -2.43. The summed E-state index contributed by atoms with van der Waals surface area (Å²) >= 11 is 0. The molecule has 6 N–H and O–H groups in total. The quantitative estimate of drug-likeness (QED) is 0.235. The Bertz CT molecular complexity index is 1240. The second kappa shape index (κ2) is 12.2. The van der Waals surface area contributed by atoms with Crippen molar-refractivity contribution in [3.8, 4) is 11.5 Å². The number of amides is 1. The molecule has 0 spiro atoms. The largest absolute Gasteiger partial charge is 0.508 e. The van der Waals surface area contributed by atoms with Gasteiger partial charge in [0.05, 0.1) is 12.7 Å². The number of carbonyl (C=O) groups excluding carboxylic acids is 1. The molecule has 0 saturated heterocycles. The van der Waals surface area contributed by atoms with E-state index >= 15 is 0 Å². The summed E-state index contributed by atoms with van der Waals surface area (Å²) in [5, 5.41) is 45.9. The van der Waals surface area contributed by atoms with Gasteiger partial charge in [0.1, 0.15) is 11.5 Å². The molecule has 3 rings (SSSR count). The number of β-amino-alcohol motifs (C(OH)–C–C–N with tert-alkyl or cyclic N) is 1. The molecule has 3 aromatic carbocycles. The van der Waals surface area contributed by atoms with E-state index in [-0.39, 0.29) is 29.6 Å². The molecule has 0 aliphatic carbocycles. The third kappa shape index (κ3) is 7.79. The third-order valence-corrected chi connectivity index (χ3v) is 6.60. The van der Waals surface area contributed by atoms with Gasteiger partial charge in [-0.15, -0.1) is 0 Å². The first-order valence-corrected chi connectivity index (χ1v) is 12.5. The summed E-state index contributed by atoms with van der Waals surface area (Å²) in [7, 11) is 0. The maximum absolute atomic E-state index is 12.8. The lowest BCUT2D eigenvalue weighted by Gasteiger charge is -2.28. The molecule has 3 aromatic rings. The highest BCUT2D eigenvalue weighted by Crippen LogP contribution is 2.24. The molecule has 0 bridgehead atoms. The van der Waals surface area contributed by atoms with Crippen LogP contribution in [0, 0.1) is 13.8 Å². The summed E-state index contributed by atoms with van der Waals surface area (Å²) in [6, 6.07) is 15.9. The van der Waals surface area contributed by atoms with Gasteiger partial charge in [-0.3, -0.25) is 4.79 Å². The minimum Gasteiger partial charge on any atom is -0.508 e. The van der Waals surface area contributed by atoms with E-state index in [0.717, 1.165) is 22.3 Å². The van der Waals surface area contributed by atoms with Crippen LogP contribution in [0.15, 0.2) is 54.6 Å². The molecule has 0 aliphatic rings. The molecule has 37 heavy (non-hydrogen) atoms. The van der Waals surface area contributed by atoms with Crippen molar-refractivity contribution in [1.29, 1.82) is 0 Å². The van der Waals surface area contributed by atoms with Crippen molar-refractivity contribution in [1.82, 2.24) is 10.6 Å². The van der Waals surface area contributed by atoms with Crippen LogP contribution in [0.4, 0.5) is 0 Å². The minimum atomic E-state index is -0.803. The summed E-state index contributed by atoms with van der Waals surface area (Å²) in [5.74, 6) is 0.148. The number of nitrogens with one attached hydrogen (secondary N) is 2. The maximum Gasteiger partial charge on any atom is 0.251 e. The van der Waals surface area contributed by atoms with Crippen molar-refractivity contribution in [3.05, 3.63) is 93.5 Å². The standard InChI is InChI=1S/C30H38N2O5/c1-19-13-27(35)20(2)12-22(19)10-11-31-29(37)24-7-5-6-21(14-24)16-30(3,4)32-17-28(36)23-8-9-26(34)25(15-23)18-33/h5-9,12-15,28,32-36H,10-11,16-18H2,1-4H3,(H,31,37)/t28-/m1/s1. The van der Waals surface area contributed by atoms with Gasteiger partial charge in [-0.2, -0.15) is 0 Å². The first-order chi connectivity index (χ1) is 17.5. The molecule has 0 fully saturated rings. The molecule has 0 aliphatic heterocycles. The predicted octanol–water partition coefficient (Wildman–Crippen LogP) is 3.82. The number of rotatable bonds is 11. The Morgan fingerprint density at radius 2 is 1.70 bits per heavy atom. The van der Waals surface area contributed by atoms with E-state index in [0.29, 0.717) is 42.6 Å². The summed E-state index contributed by atoms with van der Waals surface area (Å²) in [4.78, 5) is 12.8. The topological polar surface area (TPSA) is 122 Å². The van der Waals surface area contributed by atoms with Gasteiger partial charge >= 0.3 is 0 Å². The molecular formula is C30H38N2O5. The van der Waals surface area contributed by atoms with Crippen molar-refractivity contribution < 1.29 is 25.2 Å². The Morgan fingerprint density at radius 1 is 0.946 bits per heavy atom. The minimum absolute atomic E-state index is 0.00113. The van der Waals surface area contributed by atoms with Crippen LogP contribution in [0.5, 0.6) is 11.5 Å². The van der Waals surface area contributed by atoms with Crippen LogP contribution in [0.1, 0.15) is 63.7 Å². The number of phenolic OH excluding ortho intramolecular Hbond substituents is 1. The SMILES string of the molecule is Cc1cc(CCNC(=O)c2cccc(CC(C)(C)NC[C@@H](O)c3ccc(O)c(CO)c3)c2)c(C)cc1O. The molecule has 0 aromatic heterocycles. The van der Waals surface area contributed by atoms with Crippen LogP contribution in [0.3, 0.4) is 0 Å². The first-order valence-electron chi connectivity index (χ1n) is 12.5. The Kier molecular flexibility index (Phi) is 9.32. The number of carbonyl (C=O) groups is 1. The molecular weight excluding hydrogens is 468 g/mol. The number of aryl methyl sites for hydroxylation is 2. The molecule has 1 amide bonds. The highest BCUT2D eigenvalue weighted by atomic mass is 16.3. The van der Waals surface area contributed by atoms with E-state index in [1.165, 1.54) is 6.07 Å². The molecule has 7 nitrogen and oxygen atoms in total. The highest BCUT2D eigenvalue weighted by molar-refractivity contribution is 5.94. The molecule has 0 saturated carbocycles. The number of aromatic hydroxyl groups is 2. The molecule has 0 radical (unpaired) electrons. The van der Waals surface area contributed by atoms with E-state index in [9.17, 15) is 25.2 Å². The molecule has 1 atom stereocenters. The first kappa shape index (κ1) is 28.2. The summed E-state index contributed by atoms with van der Waals surface area (Å²) in [6.45, 7) is 8.36. The van der Waals surface area contributed by atoms with Gasteiger partial charge in [0.15, 0.2) is 0 Å². The Labute approximate surface area is 218 Å². The van der Waals surface area contributed by atoms with Crippen LogP contribution in [0.2, 0.25) is 0 Å². The van der Waals surface area contributed by atoms with Gasteiger partial charge in [-0.25, -0.2) is 0 Å². The zero-order chi connectivity index (χ0) is 27.2. The van der Waals surface area contributed by atoms with Gasteiger partial charge < -0.3 is 31.1 Å². The monoisotopic (exact) mass is 506 g/mol. The van der Waals surface area contributed by atoms with E-state index in [4.69, 9.17) is 0 Å². The molecule has 7 heteroatoms. The second-order valence-electron chi connectivity index (χ2n) is 10.3.